The van der Waals surface area contributed by atoms with Crippen molar-refractivity contribution < 1.29 is 4.79 Å². The van der Waals surface area contributed by atoms with Crippen LogP contribution in [0.15, 0.2) is 18.3 Å². The molecule has 0 radical (unpaired) electrons. The highest BCUT2D eigenvalue weighted by Gasteiger charge is 2.16. The Hall–Kier alpha value is -0.550. The number of pyridine rings is 1. The van der Waals surface area contributed by atoms with E-state index in [1.165, 1.54) is 12.8 Å². The first-order valence-corrected chi connectivity index (χ1v) is 5.70. The number of amides is 1. The lowest BCUT2D eigenvalue weighted by molar-refractivity contribution is 0.0962. The van der Waals surface area contributed by atoms with Crippen molar-refractivity contribution in [3.63, 3.8) is 0 Å². The van der Waals surface area contributed by atoms with Gasteiger partial charge in [-0.15, -0.1) is 37.2 Å². The van der Waals surface area contributed by atoms with Gasteiger partial charge in [0.1, 0.15) is 0 Å². The highest BCUT2D eigenvalue weighted by atomic mass is 35.5. The average Bonchev–Trinajstić information content (AvgIpc) is 2.39. The van der Waals surface area contributed by atoms with E-state index in [9.17, 15) is 4.79 Å². The predicted molar refractivity (Wildman–Crippen MR) is 84.2 cm³/mol. The summed E-state index contributed by atoms with van der Waals surface area (Å²) < 4.78 is 0. The number of hydrogen-bond acceptors (Lipinski definition) is 3. The van der Waals surface area contributed by atoms with Crippen molar-refractivity contribution in [2.75, 3.05) is 20.1 Å². The molecule has 2 N–H and O–H groups in total. The third-order valence-corrected chi connectivity index (χ3v) is 2.99. The van der Waals surface area contributed by atoms with Gasteiger partial charge in [-0.1, -0.05) is 0 Å². The minimum atomic E-state index is -0.0826. The van der Waals surface area contributed by atoms with Crippen molar-refractivity contribution in [1.29, 1.82) is 0 Å². The van der Waals surface area contributed by atoms with E-state index < -0.39 is 0 Å². The Morgan fingerprint density at radius 1 is 1.37 bits per heavy atom. The summed E-state index contributed by atoms with van der Waals surface area (Å²) in [7, 11) is 1.63. The van der Waals surface area contributed by atoms with Gasteiger partial charge in [0, 0.05) is 31.4 Å². The second kappa shape index (κ2) is 10.3. The van der Waals surface area contributed by atoms with Crippen LogP contribution in [-0.2, 0) is 0 Å². The largest absolute Gasteiger partial charge is 0.355 e. The molecule has 1 aromatic rings. The van der Waals surface area contributed by atoms with Crippen LogP contribution in [0.5, 0.6) is 0 Å². The average molecular weight is 329 g/mol. The maximum absolute atomic E-state index is 11.3. The van der Waals surface area contributed by atoms with Crippen LogP contribution in [0.1, 0.15) is 34.8 Å². The summed E-state index contributed by atoms with van der Waals surface area (Å²) in [5.41, 5.74) is 1.70. The van der Waals surface area contributed by atoms with Crippen molar-refractivity contribution in [2.24, 2.45) is 0 Å². The van der Waals surface area contributed by atoms with Crippen LogP contribution >= 0.6 is 37.2 Å². The van der Waals surface area contributed by atoms with Crippen LogP contribution in [0.25, 0.3) is 0 Å². The lowest BCUT2D eigenvalue weighted by Gasteiger charge is -2.22. The van der Waals surface area contributed by atoms with Gasteiger partial charge in [-0.25, -0.2) is 0 Å². The van der Waals surface area contributed by atoms with Gasteiger partial charge >= 0.3 is 0 Å². The number of aromatic nitrogens is 1. The van der Waals surface area contributed by atoms with Crippen molar-refractivity contribution in [3.8, 4) is 0 Å². The van der Waals surface area contributed by atoms with E-state index in [1.807, 2.05) is 12.1 Å². The fourth-order valence-corrected chi connectivity index (χ4v) is 2.03. The Bertz CT molecular complexity index is 367. The summed E-state index contributed by atoms with van der Waals surface area (Å²) in [6.07, 6.45) is 4.03. The fraction of sp³-hybridized carbons (Fsp3) is 0.500. The molecule has 1 amide bonds. The topological polar surface area (TPSA) is 54.0 Å². The number of rotatable bonds is 2. The monoisotopic (exact) mass is 327 g/mol. The predicted octanol–water partition coefficient (Wildman–Crippen LogP) is 2.17. The quantitative estimate of drug-likeness (QED) is 0.875. The first kappa shape index (κ1) is 20.8. The maximum atomic E-state index is 11.3. The summed E-state index contributed by atoms with van der Waals surface area (Å²) in [6, 6.07) is 3.80. The second-order valence-corrected chi connectivity index (χ2v) is 4.09. The SMILES string of the molecule is CNC(=O)c1ccc(C2CCCNC2)nc1.Cl.Cl.Cl. The van der Waals surface area contributed by atoms with E-state index in [1.54, 1.807) is 13.2 Å². The Balaban J connectivity index is 0. The number of halogens is 3. The molecule has 2 heterocycles. The van der Waals surface area contributed by atoms with Gasteiger partial charge in [0.25, 0.3) is 5.91 Å². The van der Waals surface area contributed by atoms with Gasteiger partial charge in [-0.2, -0.15) is 0 Å². The molecule has 1 atom stereocenters. The molecule has 7 heteroatoms. The zero-order valence-electron chi connectivity index (χ0n) is 10.7. The Morgan fingerprint density at radius 3 is 2.58 bits per heavy atom. The van der Waals surface area contributed by atoms with Gasteiger partial charge in [-0.3, -0.25) is 9.78 Å². The number of nitrogens with one attached hydrogen (secondary N) is 2. The first-order valence-electron chi connectivity index (χ1n) is 5.70. The van der Waals surface area contributed by atoms with Gasteiger partial charge in [0.15, 0.2) is 0 Å². The van der Waals surface area contributed by atoms with Crippen LogP contribution in [-0.4, -0.2) is 31.0 Å². The number of hydrogen-bond donors (Lipinski definition) is 2. The van der Waals surface area contributed by atoms with E-state index >= 15 is 0 Å². The zero-order valence-corrected chi connectivity index (χ0v) is 13.2. The number of carbonyl (C=O) groups excluding carboxylic acids is 1. The van der Waals surface area contributed by atoms with Gasteiger partial charge < -0.3 is 10.6 Å². The smallest absolute Gasteiger partial charge is 0.252 e. The van der Waals surface area contributed by atoms with E-state index in [-0.39, 0.29) is 43.1 Å². The molecule has 0 aliphatic carbocycles. The molecule has 0 saturated carbocycles. The normalized spacial score (nSPS) is 17.2. The number of piperidine rings is 1. The van der Waals surface area contributed by atoms with Crippen molar-refractivity contribution in [1.82, 2.24) is 15.6 Å². The first-order chi connectivity index (χ1) is 7.81. The van der Waals surface area contributed by atoms with Gasteiger partial charge in [0.05, 0.1) is 5.56 Å². The minimum Gasteiger partial charge on any atom is -0.355 e. The molecule has 0 bridgehead atoms. The highest BCUT2D eigenvalue weighted by Crippen LogP contribution is 2.21. The molecule has 1 aliphatic rings. The van der Waals surface area contributed by atoms with Crippen LogP contribution in [0.2, 0.25) is 0 Å². The van der Waals surface area contributed by atoms with Crippen LogP contribution in [0, 0.1) is 0 Å². The molecule has 1 aliphatic heterocycles. The molecule has 19 heavy (non-hydrogen) atoms. The Kier molecular flexibility index (Phi) is 11.2. The van der Waals surface area contributed by atoms with Crippen LogP contribution < -0.4 is 10.6 Å². The van der Waals surface area contributed by atoms with Crippen LogP contribution in [0.4, 0.5) is 0 Å². The van der Waals surface area contributed by atoms with Crippen LogP contribution in [0.3, 0.4) is 0 Å². The van der Waals surface area contributed by atoms with E-state index in [4.69, 9.17) is 0 Å². The summed E-state index contributed by atoms with van der Waals surface area (Å²) in [6.45, 7) is 2.10. The number of carbonyl (C=O) groups is 1. The summed E-state index contributed by atoms with van der Waals surface area (Å²) in [5.74, 6) is 0.410. The van der Waals surface area contributed by atoms with Crippen molar-refractivity contribution in [3.05, 3.63) is 29.6 Å². The van der Waals surface area contributed by atoms with Gasteiger partial charge in [0.2, 0.25) is 0 Å². The lowest BCUT2D eigenvalue weighted by Crippen LogP contribution is -2.29. The molecule has 4 nitrogen and oxygen atoms in total. The minimum absolute atomic E-state index is 0. The second-order valence-electron chi connectivity index (χ2n) is 4.09. The molecule has 1 fully saturated rings. The third-order valence-electron chi connectivity index (χ3n) is 2.99. The fourth-order valence-electron chi connectivity index (χ4n) is 2.03. The standard InChI is InChI=1S/C12H17N3O.3ClH/c1-13-12(16)10-4-5-11(15-8-10)9-3-2-6-14-7-9;;;/h4-5,8-9,14H,2-3,6-7H2,1H3,(H,13,16);3*1H. The molecule has 0 spiro atoms. The molecule has 1 unspecified atom stereocenters. The third kappa shape index (κ3) is 5.53. The Morgan fingerprint density at radius 2 is 2.11 bits per heavy atom. The molecular formula is C12H20Cl3N3O. The molecule has 110 valence electrons. The summed E-state index contributed by atoms with van der Waals surface area (Å²) in [5, 5.41) is 5.95. The van der Waals surface area contributed by atoms with Gasteiger partial charge in [-0.05, 0) is 31.5 Å². The van der Waals surface area contributed by atoms with E-state index in [0.29, 0.717) is 11.5 Å². The molecule has 1 saturated heterocycles. The Labute approximate surface area is 132 Å². The zero-order chi connectivity index (χ0) is 11.4. The van der Waals surface area contributed by atoms with E-state index in [2.05, 4.69) is 15.6 Å². The summed E-state index contributed by atoms with van der Waals surface area (Å²) in [4.78, 5) is 15.7. The lowest BCUT2D eigenvalue weighted by atomic mass is 9.95. The van der Waals surface area contributed by atoms with Crippen molar-refractivity contribution in [2.45, 2.75) is 18.8 Å². The summed E-state index contributed by atoms with van der Waals surface area (Å²) >= 11 is 0. The molecule has 0 aromatic carbocycles. The van der Waals surface area contributed by atoms with Crippen molar-refractivity contribution >= 4 is 43.1 Å². The highest BCUT2D eigenvalue weighted by molar-refractivity contribution is 5.93. The van der Waals surface area contributed by atoms with E-state index in [0.717, 1.165) is 18.8 Å². The number of nitrogens with zero attached hydrogens (tertiary/aromatic N) is 1. The molecule has 1 aromatic heterocycles. The molecule has 2 rings (SSSR count). The molecular weight excluding hydrogens is 309 g/mol. The maximum Gasteiger partial charge on any atom is 0.252 e.